The van der Waals surface area contributed by atoms with E-state index in [-0.39, 0.29) is 5.92 Å². The van der Waals surface area contributed by atoms with Gasteiger partial charge in [0.15, 0.2) is 0 Å². The van der Waals surface area contributed by atoms with Crippen molar-refractivity contribution in [2.45, 2.75) is 38.0 Å². The van der Waals surface area contributed by atoms with E-state index in [2.05, 4.69) is 30.6 Å². The summed E-state index contributed by atoms with van der Waals surface area (Å²) in [5, 5.41) is 23.7. The summed E-state index contributed by atoms with van der Waals surface area (Å²) in [5.41, 5.74) is 3.49. The molecule has 4 rings (SSSR count). The topological polar surface area (TPSA) is 137 Å². The maximum Gasteiger partial charge on any atom is 0.314 e. The van der Waals surface area contributed by atoms with E-state index in [1.807, 2.05) is 38.1 Å². The molecule has 9 nitrogen and oxygen atoms in total. The summed E-state index contributed by atoms with van der Waals surface area (Å²) in [6.07, 6.45) is 9.16. The van der Waals surface area contributed by atoms with Crippen LogP contribution in [0, 0.1) is 5.41 Å². The van der Waals surface area contributed by atoms with E-state index in [1.165, 1.54) is 6.21 Å². The van der Waals surface area contributed by atoms with Crippen molar-refractivity contribution in [2.24, 2.45) is 0 Å². The molecule has 1 aliphatic rings. The summed E-state index contributed by atoms with van der Waals surface area (Å²) in [7, 11) is 1.75. The zero-order chi connectivity index (χ0) is 24.3. The fourth-order valence-electron chi connectivity index (χ4n) is 3.71. The summed E-state index contributed by atoms with van der Waals surface area (Å²) in [4.78, 5) is 29.4. The Balaban J connectivity index is 1.57. The number of aliphatic carboxylic acids is 1. The van der Waals surface area contributed by atoms with Crippen LogP contribution in [-0.2, 0) is 10.2 Å². The summed E-state index contributed by atoms with van der Waals surface area (Å²) in [6.45, 7) is 4.10. The highest BCUT2D eigenvalue weighted by atomic mass is 16.4. The molecule has 34 heavy (non-hydrogen) atoms. The molecule has 174 valence electrons. The van der Waals surface area contributed by atoms with Crippen LogP contribution in [0.4, 0.5) is 5.82 Å². The second-order valence-electron chi connectivity index (χ2n) is 8.54. The Bertz CT molecular complexity index is 1230. The van der Waals surface area contributed by atoms with E-state index in [0.29, 0.717) is 41.4 Å². The van der Waals surface area contributed by atoms with Crippen LogP contribution in [0.5, 0.6) is 0 Å². The van der Waals surface area contributed by atoms with Gasteiger partial charge in [-0.1, -0.05) is 38.1 Å². The third-order valence-electron chi connectivity index (χ3n) is 5.98. The van der Waals surface area contributed by atoms with E-state index in [4.69, 9.17) is 5.41 Å². The molecule has 0 unspecified atom stereocenters. The van der Waals surface area contributed by atoms with Gasteiger partial charge in [0.2, 0.25) is 0 Å². The van der Waals surface area contributed by atoms with Crippen LogP contribution >= 0.6 is 0 Å². The Hall–Kier alpha value is -4.14. The number of hydrogen-bond donors (Lipinski definition) is 4. The standard InChI is InChI=1S/C25H27N7O2/c1-15(2)19-11-28-14-22(31-19)32-23(27-3)18(10-26)21-13-29-20(12-30-21)16-4-6-17(7-5-16)25(8-9-25)24(33)34/h4-7,10-15,26-27H,8-9H2,1-3H3,(H,31,32)(H,33,34)/b23-18-,26-10?. The summed E-state index contributed by atoms with van der Waals surface area (Å²) < 4.78 is 0. The minimum atomic E-state index is -0.772. The lowest BCUT2D eigenvalue weighted by atomic mass is 9.95. The van der Waals surface area contributed by atoms with Crippen molar-refractivity contribution in [2.75, 3.05) is 12.4 Å². The average molecular weight is 458 g/mol. The van der Waals surface area contributed by atoms with Crippen LogP contribution in [0.3, 0.4) is 0 Å². The van der Waals surface area contributed by atoms with Crippen molar-refractivity contribution in [1.29, 1.82) is 5.41 Å². The lowest BCUT2D eigenvalue weighted by molar-refractivity contribution is -0.140. The molecule has 0 atom stereocenters. The van der Waals surface area contributed by atoms with E-state index in [0.717, 1.165) is 16.8 Å². The second kappa shape index (κ2) is 9.38. The number of nitrogens with one attached hydrogen (secondary N) is 3. The molecule has 0 saturated heterocycles. The normalized spacial score (nSPS) is 14.8. The summed E-state index contributed by atoms with van der Waals surface area (Å²) in [5.74, 6) is 0.588. The number of anilines is 1. The van der Waals surface area contributed by atoms with E-state index < -0.39 is 11.4 Å². The highest BCUT2D eigenvalue weighted by Gasteiger charge is 2.51. The quantitative estimate of drug-likeness (QED) is 0.356. The van der Waals surface area contributed by atoms with Crippen molar-refractivity contribution in [3.05, 3.63) is 71.8 Å². The largest absolute Gasteiger partial charge is 0.481 e. The van der Waals surface area contributed by atoms with Gasteiger partial charge >= 0.3 is 5.97 Å². The number of hydrogen-bond acceptors (Lipinski definition) is 8. The summed E-state index contributed by atoms with van der Waals surface area (Å²) in [6, 6.07) is 7.45. The lowest BCUT2D eigenvalue weighted by Crippen LogP contribution is -2.19. The molecule has 4 N–H and O–H groups in total. The highest BCUT2D eigenvalue weighted by molar-refractivity contribution is 6.09. The van der Waals surface area contributed by atoms with Gasteiger partial charge in [-0.2, -0.15) is 0 Å². The first-order chi connectivity index (χ1) is 16.4. The summed E-state index contributed by atoms with van der Waals surface area (Å²) >= 11 is 0. The van der Waals surface area contributed by atoms with Crippen molar-refractivity contribution in [1.82, 2.24) is 25.3 Å². The van der Waals surface area contributed by atoms with E-state index in [1.54, 1.807) is 31.8 Å². The maximum atomic E-state index is 11.5. The fraction of sp³-hybridized carbons (Fsp3) is 0.280. The molecule has 3 aromatic rings. The number of rotatable bonds is 9. The van der Waals surface area contributed by atoms with Crippen molar-refractivity contribution in [3.63, 3.8) is 0 Å². The zero-order valence-electron chi connectivity index (χ0n) is 19.3. The smallest absolute Gasteiger partial charge is 0.314 e. The molecule has 0 radical (unpaired) electrons. The molecule has 0 bridgehead atoms. The molecule has 1 fully saturated rings. The monoisotopic (exact) mass is 457 g/mol. The molecular weight excluding hydrogens is 430 g/mol. The zero-order valence-corrected chi connectivity index (χ0v) is 19.3. The van der Waals surface area contributed by atoms with Gasteiger partial charge in [-0.05, 0) is 24.3 Å². The third kappa shape index (κ3) is 4.50. The Morgan fingerprint density at radius 1 is 1.12 bits per heavy atom. The molecule has 2 aromatic heterocycles. The predicted octanol–water partition coefficient (Wildman–Crippen LogP) is 3.82. The Kier molecular flexibility index (Phi) is 6.36. The number of aromatic nitrogens is 4. The second-order valence-corrected chi connectivity index (χ2v) is 8.54. The average Bonchev–Trinajstić information content (AvgIpc) is 3.67. The molecule has 1 aromatic carbocycles. The lowest BCUT2D eigenvalue weighted by Gasteiger charge is -2.15. The minimum Gasteiger partial charge on any atom is -0.481 e. The fourth-order valence-corrected chi connectivity index (χ4v) is 3.71. The van der Waals surface area contributed by atoms with Gasteiger partial charge in [0.05, 0.1) is 46.7 Å². The molecule has 0 spiro atoms. The van der Waals surface area contributed by atoms with Crippen molar-refractivity contribution in [3.8, 4) is 11.3 Å². The number of allylic oxidation sites excluding steroid dienone is 1. The Labute approximate surface area is 197 Å². The number of carbonyl (C=O) groups is 1. The van der Waals surface area contributed by atoms with Gasteiger partial charge in [0.25, 0.3) is 0 Å². The van der Waals surface area contributed by atoms with Gasteiger partial charge in [-0.3, -0.25) is 19.7 Å². The van der Waals surface area contributed by atoms with Crippen LogP contribution < -0.4 is 10.6 Å². The van der Waals surface area contributed by atoms with Crippen LogP contribution in [0.1, 0.15) is 49.6 Å². The molecule has 1 aliphatic carbocycles. The van der Waals surface area contributed by atoms with Crippen LogP contribution in [0.15, 0.2) is 54.9 Å². The van der Waals surface area contributed by atoms with Gasteiger partial charge in [0, 0.05) is 25.0 Å². The van der Waals surface area contributed by atoms with Crippen LogP contribution in [-0.4, -0.2) is 44.3 Å². The van der Waals surface area contributed by atoms with Crippen LogP contribution in [0.2, 0.25) is 0 Å². The molecule has 2 heterocycles. The van der Waals surface area contributed by atoms with Gasteiger partial charge < -0.3 is 21.1 Å². The van der Waals surface area contributed by atoms with E-state index >= 15 is 0 Å². The van der Waals surface area contributed by atoms with Crippen molar-refractivity contribution < 1.29 is 9.90 Å². The Morgan fingerprint density at radius 3 is 2.38 bits per heavy atom. The molecule has 0 amide bonds. The molecule has 9 heteroatoms. The SMILES string of the molecule is CN/C(Nc1cncc(C(C)C)n1)=C(\C=N)c1cnc(-c2ccc(C3(C(=O)O)CC3)cc2)cn1. The third-order valence-corrected chi connectivity index (χ3v) is 5.98. The number of carboxylic acid groups (broad SMARTS) is 1. The van der Waals surface area contributed by atoms with E-state index in [9.17, 15) is 9.90 Å². The molecule has 1 saturated carbocycles. The first-order valence-electron chi connectivity index (χ1n) is 11.1. The van der Waals surface area contributed by atoms with Gasteiger partial charge in [0.1, 0.15) is 11.6 Å². The minimum absolute atomic E-state index is 0.241. The first kappa shape index (κ1) is 23.0. The Morgan fingerprint density at radius 2 is 1.85 bits per heavy atom. The highest BCUT2D eigenvalue weighted by Crippen LogP contribution is 2.48. The van der Waals surface area contributed by atoms with Gasteiger partial charge in [-0.15, -0.1) is 0 Å². The number of benzene rings is 1. The van der Waals surface area contributed by atoms with Gasteiger partial charge in [-0.25, -0.2) is 4.98 Å². The molecule has 0 aliphatic heterocycles. The molecular formula is C25H27N7O2. The number of carboxylic acids is 1. The maximum absolute atomic E-state index is 11.5. The van der Waals surface area contributed by atoms with Crippen LogP contribution in [0.25, 0.3) is 16.8 Å². The first-order valence-corrected chi connectivity index (χ1v) is 11.1. The predicted molar refractivity (Wildman–Crippen MR) is 131 cm³/mol. The number of nitrogens with zero attached hydrogens (tertiary/aromatic N) is 4. The van der Waals surface area contributed by atoms with Crippen molar-refractivity contribution >= 4 is 23.6 Å².